The molecule has 0 bridgehead atoms. The topological polar surface area (TPSA) is 112 Å². The maximum absolute atomic E-state index is 12.9. The first kappa shape index (κ1) is 21.8. The number of rotatable bonds is 7. The number of nitrogens with zero attached hydrogens (tertiary/aromatic N) is 4. The van der Waals surface area contributed by atoms with Crippen LogP contribution in [0.4, 0.5) is 0 Å². The third-order valence-corrected chi connectivity index (χ3v) is 5.57. The highest BCUT2D eigenvalue weighted by Gasteiger charge is 2.22. The van der Waals surface area contributed by atoms with E-state index in [-0.39, 0.29) is 23.8 Å². The Morgan fingerprint density at radius 1 is 1.27 bits per heavy atom. The Morgan fingerprint density at radius 2 is 2.00 bits per heavy atom. The fraction of sp³-hybridized carbons (Fsp3) is 0.450. The van der Waals surface area contributed by atoms with Crippen LogP contribution >= 0.6 is 11.8 Å². The molecule has 0 saturated heterocycles. The van der Waals surface area contributed by atoms with Crippen LogP contribution in [-0.2, 0) is 24.9 Å². The molecule has 0 saturated carbocycles. The molecule has 3 rings (SSSR count). The molecule has 0 radical (unpaired) electrons. The quantitative estimate of drug-likeness (QED) is 0.449. The van der Waals surface area contributed by atoms with E-state index in [1.165, 1.54) is 23.4 Å². The Morgan fingerprint density at radius 3 is 2.63 bits per heavy atom. The summed E-state index contributed by atoms with van der Waals surface area (Å²) in [6.45, 7) is 8.10. The Hall–Kier alpha value is -2.88. The lowest BCUT2D eigenvalue weighted by Crippen LogP contribution is -2.40. The molecule has 0 aromatic carbocycles. The van der Waals surface area contributed by atoms with Crippen LogP contribution in [0.3, 0.4) is 0 Å². The number of aryl methyl sites for hydroxylation is 1. The molecule has 0 aliphatic carbocycles. The van der Waals surface area contributed by atoms with Crippen molar-refractivity contribution < 1.29 is 9.21 Å². The minimum atomic E-state index is -0.521. The number of aromatic nitrogens is 4. The van der Waals surface area contributed by atoms with Gasteiger partial charge in [-0.2, -0.15) is 0 Å². The van der Waals surface area contributed by atoms with E-state index in [2.05, 4.69) is 15.3 Å². The smallest absolute Gasteiger partial charge is 0.332 e. The van der Waals surface area contributed by atoms with Crippen LogP contribution in [0.15, 0.2) is 37.4 Å². The molecule has 1 amide bonds. The monoisotopic (exact) mass is 431 g/mol. The molecular weight excluding hydrogens is 406 g/mol. The second kappa shape index (κ2) is 8.86. The molecule has 1 N–H and O–H groups in total. The summed E-state index contributed by atoms with van der Waals surface area (Å²) in [5.41, 5.74) is -0.588. The van der Waals surface area contributed by atoms with E-state index in [9.17, 15) is 14.4 Å². The zero-order chi connectivity index (χ0) is 22.0. The van der Waals surface area contributed by atoms with Crippen LogP contribution in [0.1, 0.15) is 32.4 Å². The van der Waals surface area contributed by atoms with Crippen molar-refractivity contribution in [2.75, 3.05) is 0 Å². The van der Waals surface area contributed by atoms with Crippen LogP contribution in [0, 0.1) is 12.8 Å². The first-order valence-electron chi connectivity index (χ1n) is 9.64. The highest BCUT2D eigenvalue weighted by atomic mass is 32.2. The maximum Gasteiger partial charge on any atom is 0.332 e. The lowest BCUT2D eigenvalue weighted by Gasteiger charge is -2.16. The average molecular weight is 432 g/mol. The van der Waals surface area contributed by atoms with Gasteiger partial charge in [-0.1, -0.05) is 25.6 Å². The fourth-order valence-corrected chi connectivity index (χ4v) is 4.01. The van der Waals surface area contributed by atoms with Gasteiger partial charge in [0.25, 0.3) is 5.56 Å². The molecule has 9 nitrogen and oxygen atoms in total. The molecule has 0 aliphatic rings. The summed E-state index contributed by atoms with van der Waals surface area (Å²) in [4.78, 5) is 46.9. The minimum Gasteiger partial charge on any atom is -0.467 e. The van der Waals surface area contributed by atoms with Crippen molar-refractivity contribution in [3.8, 4) is 0 Å². The summed E-state index contributed by atoms with van der Waals surface area (Å²) < 4.78 is 7.79. The zero-order valence-electron chi connectivity index (χ0n) is 17.6. The number of nitrogens with one attached hydrogen (secondary N) is 1. The van der Waals surface area contributed by atoms with Gasteiger partial charge in [0.15, 0.2) is 5.65 Å². The van der Waals surface area contributed by atoms with Gasteiger partial charge >= 0.3 is 5.69 Å². The molecule has 0 spiro atoms. The van der Waals surface area contributed by atoms with Crippen molar-refractivity contribution in [1.82, 2.24) is 24.4 Å². The van der Waals surface area contributed by atoms with Crippen LogP contribution in [-0.4, -0.2) is 30.3 Å². The van der Waals surface area contributed by atoms with E-state index in [4.69, 9.17) is 4.42 Å². The molecule has 0 fully saturated rings. The summed E-state index contributed by atoms with van der Waals surface area (Å²) in [7, 11) is 1.44. The summed E-state index contributed by atoms with van der Waals surface area (Å²) in [5, 5.41) is 2.92. The highest BCUT2D eigenvalue weighted by Crippen LogP contribution is 2.26. The molecule has 30 heavy (non-hydrogen) atoms. The average Bonchev–Trinajstić information content (AvgIpc) is 3.20. The third-order valence-electron chi connectivity index (χ3n) is 4.48. The largest absolute Gasteiger partial charge is 0.467 e. The molecular formula is C20H25N5O4S. The van der Waals surface area contributed by atoms with Crippen molar-refractivity contribution in [3.63, 3.8) is 0 Å². The lowest BCUT2D eigenvalue weighted by molar-refractivity contribution is -0.120. The summed E-state index contributed by atoms with van der Waals surface area (Å²) in [6.07, 6.45) is 1.54. The molecule has 3 heterocycles. The maximum atomic E-state index is 12.9. The molecule has 3 aromatic heterocycles. The van der Waals surface area contributed by atoms with Gasteiger partial charge in [0.1, 0.15) is 22.0 Å². The Bertz CT molecular complexity index is 1180. The van der Waals surface area contributed by atoms with Gasteiger partial charge in [-0.3, -0.25) is 18.7 Å². The van der Waals surface area contributed by atoms with E-state index in [1.807, 2.05) is 13.8 Å². The van der Waals surface area contributed by atoms with E-state index < -0.39 is 16.5 Å². The van der Waals surface area contributed by atoms with E-state index in [0.29, 0.717) is 28.8 Å². The first-order valence-corrected chi connectivity index (χ1v) is 10.5. The van der Waals surface area contributed by atoms with E-state index in [0.717, 1.165) is 4.57 Å². The van der Waals surface area contributed by atoms with Crippen LogP contribution in [0.2, 0.25) is 0 Å². The zero-order valence-corrected chi connectivity index (χ0v) is 18.4. The number of amides is 1. The van der Waals surface area contributed by atoms with Crippen molar-refractivity contribution in [1.29, 1.82) is 0 Å². The Labute approximate surface area is 177 Å². The predicted molar refractivity (Wildman–Crippen MR) is 114 cm³/mol. The van der Waals surface area contributed by atoms with Crippen LogP contribution in [0.5, 0.6) is 0 Å². The molecule has 160 valence electrons. The predicted octanol–water partition coefficient (Wildman–Crippen LogP) is 1.84. The number of carbonyl (C=O) groups is 1. The molecule has 3 aromatic rings. The van der Waals surface area contributed by atoms with Crippen molar-refractivity contribution in [2.45, 2.75) is 51.1 Å². The number of thioether (sulfide) groups is 1. The number of carbonyl (C=O) groups excluding carboxylic acids is 1. The summed E-state index contributed by atoms with van der Waals surface area (Å²) in [5.74, 6) is 1.04. The van der Waals surface area contributed by atoms with Gasteiger partial charge < -0.3 is 9.73 Å². The van der Waals surface area contributed by atoms with E-state index >= 15 is 0 Å². The highest BCUT2D eigenvalue weighted by molar-refractivity contribution is 8.00. The Balaban J connectivity index is 1.99. The number of furan rings is 1. The standard InChI is InChI=1S/C20H25N5O4S/c1-11(2)10-25-16-15(19(27)24(5)20(25)28)18(23-13(4)22-16)30-12(3)17(26)21-9-14-7-6-8-29-14/h6-8,11-12H,9-10H2,1-5H3,(H,21,26). The van der Waals surface area contributed by atoms with Gasteiger partial charge in [-0.25, -0.2) is 14.8 Å². The number of fused-ring (bicyclic) bond motifs is 1. The number of hydrogen-bond donors (Lipinski definition) is 1. The van der Waals surface area contributed by atoms with Crippen LogP contribution in [0.25, 0.3) is 11.0 Å². The fourth-order valence-electron chi connectivity index (χ4n) is 3.01. The second-order valence-corrected chi connectivity index (χ2v) is 8.81. The third kappa shape index (κ3) is 4.48. The molecule has 1 atom stereocenters. The first-order chi connectivity index (χ1) is 14.2. The molecule has 0 aliphatic heterocycles. The van der Waals surface area contributed by atoms with Gasteiger partial charge in [0, 0.05) is 13.6 Å². The van der Waals surface area contributed by atoms with Gasteiger partial charge in [0.2, 0.25) is 5.91 Å². The Kier molecular flexibility index (Phi) is 6.45. The SMILES string of the molecule is Cc1nc(SC(C)C(=O)NCc2ccco2)c2c(=O)n(C)c(=O)n(CC(C)C)c2n1. The molecule has 1 unspecified atom stereocenters. The minimum absolute atomic E-state index is 0.182. The van der Waals surface area contributed by atoms with Gasteiger partial charge in [0.05, 0.1) is 18.1 Å². The summed E-state index contributed by atoms with van der Waals surface area (Å²) in [6, 6.07) is 3.53. The van der Waals surface area contributed by atoms with Gasteiger partial charge in [-0.15, -0.1) is 0 Å². The van der Waals surface area contributed by atoms with E-state index in [1.54, 1.807) is 32.2 Å². The molecule has 10 heteroatoms. The summed E-state index contributed by atoms with van der Waals surface area (Å²) >= 11 is 1.17. The van der Waals surface area contributed by atoms with Crippen LogP contribution < -0.4 is 16.6 Å². The lowest BCUT2D eigenvalue weighted by atomic mass is 10.2. The van der Waals surface area contributed by atoms with Crippen molar-refractivity contribution >= 4 is 28.7 Å². The van der Waals surface area contributed by atoms with Crippen molar-refractivity contribution in [3.05, 3.63) is 50.8 Å². The van der Waals surface area contributed by atoms with Crippen molar-refractivity contribution in [2.24, 2.45) is 13.0 Å². The number of hydrogen-bond acceptors (Lipinski definition) is 7. The second-order valence-electron chi connectivity index (χ2n) is 7.48. The van der Waals surface area contributed by atoms with Gasteiger partial charge in [-0.05, 0) is 31.9 Å². The normalized spacial score (nSPS) is 12.5.